The lowest BCUT2D eigenvalue weighted by molar-refractivity contribution is 0.102. The summed E-state index contributed by atoms with van der Waals surface area (Å²) in [5.41, 5.74) is 17.3. The fraction of sp³-hybridized carbons (Fsp3) is 0.100. The molecular weight excluding hydrogens is 568 g/mol. The van der Waals surface area contributed by atoms with Gasteiger partial charge in [-0.3, -0.25) is 14.8 Å². The smallest absolute Gasteiger partial charge is 0.205 e. The maximum Gasteiger partial charge on any atom is 0.205 e. The number of aromatic nitrogens is 4. The molecule has 0 aliphatic carbocycles. The van der Waals surface area contributed by atoms with Crippen molar-refractivity contribution in [3.63, 3.8) is 0 Å². The summed E-state index contributed by atoms with van der Waals surface area (Å²) in [5.74, 6) is 0.912. The lowest BCUT2D eigenvalue weighted by Gasteiger charge is -2.03. The number of nitrogens with two attached hydrogens (primary N) is 2. The minimum absolute atomic E-state index is 0.0856. The van der Waals surface area contributed by atoms with Gasteiger partial charge in [0.15, 0.2) is 11.7 Å². The number of hydrogen-bond donors (Lipinski definition) is 4. The molecule has 0 spiro atoms. The summed E-state index contributed by atoms with van der Waals surface area (Å²) >= 11 is 3.08. The van der Waals surface area contributed by atoms with Crippen LogP contribution < -0.4 is 16.8 Å². The molecule has 204 valence electrons. The van der Waals surface area contributed by atoms with E-state index in [0.717, 1.165) is 34.1 Å². The topological polar surface area (TPSA) is 148 Å². The normalized spacial score (nSPS) is 9.78. The van der Waals surface area contributed by atoms with Crippen LogP contribution in [0.2, 0.25) is 0 Å². The summed E-state index contributed by atoms with van der Waals surface area (Å²) in [6, 6.07) is 23.1. The van der Waals surface area contributed by atoms with Gasteiger partial charge in [-0.1, -0.05) is 40.2 Å². The van der Waals surface area contributed by atoms with Crippen molar-refractivity contribution in [3.8, 4) is 11.3 Å². The average Bonchev–Trinajstić information content (AvgIpc) is 3.42. The Kier molecular flexibility index (Phi) is 11.6. The predicted molar refractivity (Wildman–Crippen MR) is 165 cm³/mol. The van der Waals surface area contributed by atoms with E-state index >= 15 is 0 Å². The Balaban J connectivity index is 0.000000180. The number of rotatable bonds is 6. The second-order valence-electron chi connectivity index (χ2n) is 8.54. The number of hydrogen-bond acceptors (Lipinski definition) is 6. The highest BCUT2D eigenvalue weighted by Crippen LogP contribution is 2.20. The van der Waals surface area contributed by atoms with E-state index in [2.05, 4.69) is 65.2 Å². The molecule has 3 heterocycles. The van der Waals surface area contributed by atoms with Gasteiger partial charge in [-0.25, -0.2) is 9.98 Å². The molecule has 5 aromatic rings. The van der Waals surface area contributed by atoms with Crippen LogP contribution in [0.15, 0.2) is 109 Å². The second kappa shape index (κ2) is 15.6. The Bertz CT molecular complexity index is 1520. The van der Waals surface area contributed by atoms with E-state index in [4.69, 9.17) is 11.5 Å². The van der Waals surface area contributed by atoms with Crippen LogP contribution in [0, 0.1) is 13.8 Å². The molecule has 3 aromatic heterocycles. The van der Waals surface area contributed by atoms with E-state index in [0.29, 0.717) is 10.9 Å². The summed E-state index contributed by atoms with van der Waals surface area (Å²) in [5, 5.41) is 3.62. The average molecular weight is 600 g/mol. The number of aliphatic imine (C=N–C) groups is 1. The fourth-order valence-electron chi connectivity index (χ4n) is 3.38. The van der Waals surface area contributed by atoms with Gasteiger partial charge in [0.1, 0.15) is 0 Å². The molecule has 40 heavy (non-hydrogen) atoms. The van der Waals surface area contributed by atoms with Crippen molar-refractivity contribution in [3.05, 3.63) is 120 Å². The zero-order chi connectivity index (χ0) is 28.7. The Labute approximate surface area is 242 Å². The number of H-pyrrole nitrogens is 1. The highest BCUT2D eigenvalue weighted by molar-refractivity contribution is 9.09. The number of nitrogens with zero attached hydrogens (tertiary/aromatic N) is 4. The number of carbonyl (C=O) groups excluding carboxylic acids is 1. The third-order valence-electron chi connectivity index (χ3n) is 5.23. The van der Waals surface area contributed by atoms with Crippen molar-refractivity contribution in [1.82, 2.24) is 19.9 Å². The van der Waals surface area contributed by atoms with Gasteiger partial charge >= 0.3 is 0 Å². The molecule has 0 fully saturated rings. The second-order valence-corrected chi connectivity index (χ2v) is 9.10. The first-order chi connectivity index (χ1) is 19.3. The molecule has 9 nitrogen and oxygen atoms in total. The van der Waals surface area contributed by atoms with Crippen LogP contribution in [0.4, 0.5) is 17.3 Å². The predicted octanol–water partition coefficient (Wildman–Crippen LogP) is 6.08. The van der Waals surface area contributed by atoms with E-state index < -0.39 is 0 Å². The highest BCUT2D eigenvalue weighted by Gasteiger charge is 2.03. The van der Waals surface area contributed by atoms with E-state index in [9.17, 15) is 4.79 Å². The molecule has 6 N–H and O–H groups in total. The molecular formula is C30H31BrN8O. The van der Waals surface area contributed by atoms with Gasteiger partial charge in [-0.2, -0.15) is 0 Å². The standard InChI is InChI=1S/C15H14N4.C8H11N3.C7H6BrNO/c1-11-3-2-4-13(9-11)18-15-17-10-14(19-15)12-5-7-16-8-6-12;1-6-3-2-4-7(5-6)11-8(9)10;8-5-7(10)6-1-3-9-4-2-6/h2-10H,1H3,(H2,17,18,19);2-5H,1H3,(H4,9,10,11);1-4H,5H2. The molecule has 10 heteroatoms. The summed E-state index contributed by atoms with van der Waals surface area (Å²) < 4.78 is 0. The van der Waals surface area contributed by atoms with Crippen LogP contribution >= 0.6 is 15.9 Å². The number of Topliss-reactive ketones (excluding diaryl/α,β-unsaturated/α-hetero) is 1. The molecule has 2 aromatic carbocycles. The quantitative estimate of drug-likeness (QED) is 0.0800. The molecule has 0 atom stereocenters. The minimum Gasteiger partial charge on any atom is -0.370 e. The number of pyridine rings is 2. The number of nitrogens with one attached hydrogen (secondary N) is 2. The van der Waals surface area contributed by atoms with Crippen molar-refractivity contribution in [2.24, 2.45) is 16.5 Å². The van der Waals surface area contributed by atoms with E-state index in [1.54, 1.807) is 36.9 Å². The summed E-state index contributed by atoms with van der Waals surface area (Å²) in [6.45, 7) is 4.06. The fourth-order valence-corrected chi connectivity index (χ4v) is 3.71. The van der Waals surface area contributed by atoms with Gasteiger partial charge in [0, 0.05) is 41.6 Å². The number of halogens is 1. The van der Waals surface area contributed by atoms with Crippen LogP contribution in [-0.4, -0.2) is 37.0 Å². The molecule has 5 rings (SSSR count). The Morgan fingerprint density at radius 1 is 0.900 bits per heavy atom. The lowest BCUT2D eigenvalue weighted by atomic mass is 10.2. The summed E-state index contributed by atoms with van der Waals surface area (Å²) in [4.78, 5) is 30.2. The maximum atomic E-state index is 10.9. The number of alkyl halides is 1. The van der Waals surface area contributed by atoms with Gasteiger partial charge < -0.3 is 21.8 Å². The van der Waals surface area contributed by atoms with E-state index in [1.165, 1.54) is 5.56 Å². The van der Waals surface area contributed by atoms with Crippen LogP contribution in [-0.2, 0) is 0 Å². The molecule has 0 saturated carbocycles. The molecule has 0 bridgehead atoms. The minimum atomic E-state index is 0.0856. The lowest BCUT2D eigenvalue weighted by Crippen LogP contribution is -2.21. The number of aryl methyl sites for hydroxylation is 2. The number of carbonyl (C=O) groups is 1. The molecule has 0 unspecified atom stereocenters. The Morgan fingerprint density at radius 2 is 1.52 bits per heavy atom. The van der Waals surface area contributed by atoms with Gasteiger partial charge in [0.25, 0.3) is 0 Å². The maximum absolute atomic E-state index is 10.9. The molecule has 0 saturated heterocycles. The van der Waals surface area contributed by atoms with E-state index in [-0.39, 0.29) is 11.7 Å². The van der Waals surface area contributed by atoms with Crippen LogP contribution in [0.25, 0.3) is 11.3 Å². The van der Waals surface area contributed by atoms with Crippen molar-refractivity contribution in [2.75, 3.05) is 10.6 Å². The number of guanidine groups is 1. The van der Waals surface area contributed by atoms with Gasteiger partial charge in [0.05, 0.1) is 22.9 Å². The number of benzene rings is 2. The Hall–Kier alpha value is -4.83. The third-order valence-corrected chi connectivity index (χ3v) is 5.74. The number of ketones is 1. The molecule has 0 amide bonds. The SMILES string of the molecule is Cc1cccc(N=C(N)N)c1.Cc1cccc(Nc2ncc(-c3ccncc3)[nH]2)c1.O=C(CBr)c1ccncc1. The Morgan fingerprint density at radius 3 is 2.12 bits per heavy atom. The molecule has 0 aliphatic rings. The molecule has 0 radical (unpaired) electrons. The number of aromatic amines is 1. The third kappa shape index (κ3) is 10.1. The van der Waals surface area contributed by atoms with Crippen LogP contribution in [0.5, 0.6) is 0 Å². The highest BCUT2D eigenvalue weighted by atomic mass is 79.9. The largest absolute Gasteiger partial charge is 0.370 e. The first-order valence-corrected chi connectivity index (χ1v) is 13.4. The molecule has 0 aliphatic heterocycles. The summed E-state index contributed by atoms with van der Waals surface area (Å²) in [6.07, 6.45) is 8.56. The zero-order valence-electron chi connectivity index (χ0n) is 22.3. The zero-order valence-corrected chi connectivity index (χ0v) is 23.8. The van der Waals surface area contributed by atoms with Crippen molar-refractivity contribution < 1.29 is 4.79 Å². The number of anilines is 2. The van der Waals surface area contributed by atoms with Gasteiger partial charge in [-0.15, -0.1) is 0 Å². The van der Waals surface area contributed by atoms with E-state index in [1.807, 2.05) is 61.7 Å². The van der Waals surface area contributed by atoms with Gasteiger partial charge in [-0.05, 0) is 73.5 Å². The van der Waals surface area contributed by atoms with Crippen molar-refractivity contribution >= 4 is 45.0 Å². The first-order valence-electron chi connectivity index (χ1n) is 12.3. The summed E-state index contributed by atoms with van der Waals surface area (Å²) in [7, 11) is 0. The van der Waals surface area contributed by atoms with Crippen molar-refractivity contribution in [2.45, 2.75) is 13.8 Å². The number of imidazole rings is 1. The van der Waals surface area contributed by atoms with Crippen LogP contribution in [0.3, 0.4) is 0 Å². The monoisotopic (exact) mass is 598 g/mol. The van der Waals surface area contributed by atoms with Crippen molar-refractivity contribution in [1.29, 1.82) is 0 Å². The van der Waals surface area contributed by atoms with Crippen LogP contribution in [0.1, 0.15) is 21.5 Å². The first kappa shape index (κ1) is 29.7. The van der Waals surface area contributed by atoms with Gasteiger partial charge in [0.2, 0.25) is 5.95 Å².